The van der Waals surface area contributed by atoms with Gasteiger partial charge >= 0.3 is 6.03 Å². The molecule has 0 saturated carbocycles. The first-order valence-corrected chi connectivity index (χ1v) is 6.46. The molecular formula is C16H11F2N3O. The second kappa shape index (κ2) is 5.40. The number of nitrogens with two attached hydrogens (primary N) is 1. The number of hydrogen-bond donors (Lipinski definition) is 1. The molecule has 0 aliphatic heterocycles. The number of carbonyl (C=O) groups excluding carboxylic acids is 1. The van der Waals surface area contributed by atoms with Crippen LogP contribution in [0.2, 0.25) is 0 Å². The summed E-state index contributed by atoms with van der Waals surface area (Å²) >= 11 is 0. The van der Waals surface area contributed by atoms with E-state index in [1.165, 1.54) is 30.3 Å². The normalized spacial score (nSPS) is 11.4. The van der Waals surface area contributed by atoms with E-state index in [1.807, 2.05) is 0 Å². The van der Waals surface area contributed by atoms with Gasteiger partial charge in [0.1, 0.15) is 11.6 Å². The number of nitrogens with zero attached hydrogens (tertiary/aromatic N) is 2. The van der Waals surface area contributed by atoms with Crippen LogP contribution in [0.3, 0.4) is 0 Å². The van der Waals surface area contributed by atoms with Crippen molar-refractivity contribution in [2.75, 3.05) is 0 Å². The maximum atomic E-state index is 13.3. The van der Waals surface area contributed by atoms with E-state index in [1.54, 1.807) is 24.3 Å². The van der Waals surface area contributed by atoms with Gasteiger partial charge in [-0.1, -0.05) is 18.2 Å². The van der Waals surface area contributed by atoms with E-state index >= 15 is 0 Å². The van der Waals surface area contributed by atoms with Crippen LogP contribution in [-0.2, 0) is 0 Å². The van der Waals surface area contributed by atoms with Gasteiger partial charge in [-0.05, 0) is 35.9 Å². The van der Waals surface area contributed by atoms with E-state index < -0.39 is 11.8 Å². The van der Waals surface area contributed by atoms with Gasteiger partial charge in [-0.25, -0.2) is 13.6 Å². The van der Waals surface area contributed by atoms with Gasteiger partial charge in [0.05, 0.1) is 11.2 Å². The average Bonchev–Trinajstić information content (AvgIpc) is 2.83. The summed E-state index contributed by atoms with van der Waals surface area (Å²) < 4.78 is 27.4. The summed E-state index contributed by atoms with van der Waals surface area (Å²) in [5.41, 5.74) is 6.60. The summed E-state index contributed by atoms with van der Waals surface area (Å²) in [4.78, 5) is 11.4. The van der Waals surface area contributed by atoms with Crippen LogP contribution >= 0.6 is 0 Å². The van der Waals surface area contributed by atoms with Gasteiger partial charge in [0.15, 0.2) is 0 Å². The molecule has 4 nitrogen and oxygen atoms in total. The maximum absolute atomic E-state index is 13.3. The summed E-state index contributed by atoms with van der Waals surface area (Å²) in [6, 6.07) is 9.20. The third-order valence-corrected chi connectivity index (χ3v) is 3.16. The van der Waals surface area contributed by atoms with E-state index in [4.69, 9.17) is 5.73 Å². The second-order valence-electron chi connectivity index (χ2n) is 4.69. The molecule has 0 aliphatic carbocycles. The minimum Gasteiger partial charge on any atom is -0.350 e. The molecule has 0 radical (unpaired) electrons. The first-order chi connectivity index (χ1) is 10.5. The Morgan fingerprint density at radius 3 is 2.59 bits per heavy atom. The number of amides is 1. The number of aromatic nitrogens is 2. The number of benzene rings is 2. The van der Waals surface area contributed by atoms with Gasteiger partial charge < -0.3 is 5.73 Å². The smallest absolute Gasteiger partial charge is 0.340 e. The van der Waals surface area contributed by atoms with Crippen LogP contribution in [0.15, 0.2) is 42.5 Å². The number of fused-ring (bicyclic) bond motifs is 1. The van der Waals surface area contributed by atoms with Gasteiger partial charge in [-0.2, -0.15) is 9.78 Å². The number of primary amides is 1. The monoisotopic (exact) mass is 299 g/mol. The molecule has 6 heteroatoms. The zero-order valence-corrected chi connectivity index (χ0v) is 11.3. The van der Waals surface area contributed by atoms with Crippen molar-refractivity contribution in [3.8, 4) is 0 Å². The predicted octanol–water partition coefficient (Wildman–Crippen LogP) is 3.41. The van der Waals surface area contributed by atoms with Gasteiger partial charge in [0.2, 0.25) is 0 Å². The van der Waals surface area contributed by atoms with Crippen LogP contribution in [-0.4, -0.2) is 15.8 Å². The topological polar surface area (TPSA) is 60.9 Å². The van der Waals surface area contributed by atoms with Crippen LogP contribution < -0.4 is 5.73 Å². The Bertz CT molecular complexity index is 900. The molecule has 1 aromatic heterocycles. The Morgan fingerprint density at radius 1 is 1.09 bits per heavy atom. The molecule has 2 N–H and O–H groups in total. The zero-order valence-electron chi connectivity index (χ0n) is 11.3. The SMILES string of the molecule is NC(=O)n1nc(C=Cc2cccc(F)c2)c2ccc(F)cc21. The van der Waals surface area contributed by atoms with E-state index in [9.17, 15) is 13.6 Å². The summed E-state index contributed by atoms with van der Waals surface area (Å²) in [6.07, 6.45) is 3.27. The van der Waals surface area contributed by atoms with E-state index in [2.05, 4.69) is 5.10 Å². The molecule has 1 amide bonds. The number of hydrogen-bond acceptors (Lipinski definition) is 2. The third-order valence-electron chi connectivity index (χ3n) is 3.16. The van der Waals surface area contributed by atoms with Crippen molar-refractivity contribution in [2.45, 2.75) is 0 Å². The molecule has 2 aromatic carbocycles. The lowest BCUT2D eigenvalue weighted by Gasteiger charge is -1.95. The Labute approximate surface area is 124 Å². The van der Waals surface area contributed by atoms with E-state index in [0.717, 1.165) is 4.68 Å². The predicted molar refractivity (Wildman–Crippen MR) is 80.0 cm³/mol. The standard InChI is InChI=1S/C16H11F2N3O/c17-11-3-1-2-10(8-11)4-7-14-13-6-5-12(18)9-15(13)21(20-14)16(19)22/h1-9H,(H2,19,22). The summed E-state index contributed by atoms with van der Waals surface area (Å²) in [6.45, 7) is 0. The van der Waals surface area contributed by atoms with Crippen molar-refractivity contribution in [3.63, 3.8) is 0 Å². The molecule has 1 heterocycles. The lowest BCUT2D eigenvalue weighted by Crippen LogP contribution is -2.20. The minimum atomic E-state index is -0.805. The molecule has 0 atom stereocenters. The van der Waals surface area contributed by atoms with Crippen molar-refractivity contribution in [1.82, 2.24) is 9.78 Å². The Hall–Kier alpha value is -3.02. The Kier molecular flexibility index (Phi) is 3.42. The molecule has 110 valence electrons. The highest BCUT2D eigenvalue weighted by molar-refractivity contribution is 5.95. The number of carbonyl (C=O) groups is 1. The van der Waals surface area contributed by atoms with Crippen LogP contribution in [0.4, 0.5) is 13.6 Å². The molecule has 0 fully saturated rings. The highest BCUT2D eigenvalue weighted by Gasteiger charge is 2.12. The van der Waals surface area contributed by atoms with Crippen molar-refractivity contribution in [1.29, 1.82) is 0 Å². The van der Waals surface area contributed by atoms with Crippen LogP contribution in [0.5, 0.6) is 0 Å². The van der Waals surface area contributed by atoms with Crippen LogP contribution in [0.25, 0.3) is 23.1 Å². The molecule has 3 rings (SSSR count). The molecule has 0 aliphatic rings. The van der Waals surface area contributed by atoms with Crippen molar-refractivity contribution in [2.24, 2.45) is 5.73 Å². The van der Waals surface area contributed by atoms with Gasteiger partial charge in [0, 0.05) is 11.5 Å². The van der Waals surface area contributed by atoms with Gasteiger partial charge in [-0.3, -0.25) is 0 Å². The minimum absolute atomic E-state index is 0.284. The van der Waals surface area contributed by atoms with Crippen LogP contribution in [0, 0.1) is 11.6 Å². The molecule has 22 heavy (non-hydrogen) atoms. The van der Waals surface area contributed by atoms with Crippen LogP contribution in [0.1, 0.15) is 11.3 Å². The molecule has 0 saturated heterocycles. The molecule has 0 spiro atoms. The highest BCUT2D eigenvalue weighted by Crippen LogP contribution is 2.21. The summed E-state index contributed by atoms with van der Waals surface area (Å²) in [5.74, 6) is -0.840. The second-order valence-corrected chi connectivity index (χ2v) is 4.69. The van der Waals surface area contributed by atoms with Gasteiger partial charge in [0.25, 0.3) is 0 Å². The number of rotatable bonds is 2. The number of halogens is 2. The molecule has 3 aromatic rings. The summed E-state index contributed by atoms with van der Waals surface area (Å²) in [7, 11) is 0. The molecular weight excluding hydrogens is 288 g/mol. The quantitative estimate of drug-likeness (QED) is 0.788. The third kappa shape index (κ3) is 2.58. The fourth-order valence-corrected chi connectivity index (χ4v) is 2.19. The lowest BCUT2D eigenvalue weighted by molar-refractivity contribution is 0.248. The first kappa shape index (κ1) is 13.9. The fraction of sp³-hybridized carbons (Fsp3) is 0. The van der Waals surface area contributed by atoms with Gasteiger partial charge in [-0.15, -0.1) is 0 Å². The Balaban J connectivity index is 2.09. The zero-order chi connectivity index (χ0) is 15.7. The van der Waals surface area contributed by atoms with E-state index in [0.29, 0.717) is 16.6 Å². The van der Waals surface area contributed by atoms with Crippen molar-refractivity contribution >= 4 is 29.1 Å². The largest absolute Gasteiger partial charge is 0.350 e. The average molecular weight is 299 g/mol. The Morgan fingerprint density at radius 2 is 1.86 bits per heavy atom. The first-order valence-electron chi connectivity index (χ1n) is 6.46. The van der Waals surface area contributed by atoms with Crippen molar-refractivity contribution < 1.29 is 13.6 Å². The maximum Gasteiger partial charge on any atom is 0.340 e. The van der Waals surface area contributed by atoms with E-state index in [-0.39, 0.29) is 11.3 Å². The lowest BCUT2D eigenvalue weighted by atomic mass is 10.1. The molecule has 0 unspecified atom stereocenters. The fourth-order valence-electron chi connectivity index (χ4n) is 2.19. The summed E-state index contributed by atoms with van der Waals surface area (Å²) in [5, 5.41) is 4.64. The highest BCUT2D eigenvalue weighted by atomic mass is 19.1. The van der Waals surface area contributed by atoms with Crippen molar-refractivity contribution in [3.05, 3.63) is 65.4 Å². The molecule has 0 bridgehead atoms.